The van der Waals surface area contributed by atoms with E-state index in [2.05, 4.69) is 36.9 Å². The lowest BCUT2D eigenvalue weighted by Crippen LogP contribution is -2.49. The number of aryl methyl sites for hydroxylation is 3. The molecule has 0 saturated carbocycles. The lowest BCUT2D eigenvalue weighted by atomic mass is 10.1. The van der Waals surface area contributed by atoms with Crippen molar-refractivity contribution in [1.29, 1.82) is 0 Å². The Morgan fingerprint density at radius 1 is 0.829 bits per heavy atom. The van der Waals surface area contributed by atoms with Crippen LogP contribution in [0.4, 0.5) is 11.4 Å². The largest absolute Gasteiger partial charge is 0.482 e. The molecule has 0 aromatic heterocycles. The standard InChI is InChI=1S/C29H31N3O3/c1-20-5-8-23(9-6-20)18-32-26-17-24(10-11-27(26)35-19-28(32)33)29(34)31-14-12-30(13-15-31)25-16-21(2)4-7-22(25)3/h4-11,16-17H,12-15,18-19H2,1-3H3. The number of anilines is 2. The van der Waals surface area contributed by atoms with E-state index in [0.29, 0.717) is 36.6 Å². The second kappa shape index (κ2) is 9.45. The number of ether oxygens (including phenoxy) is 1. The van der Waals surface area contributed by atoms with Crippen LogP contribution in [0.1, 0.15) is 32.6 Å². The number of benzene rings is 3. The third kappa shape index (κ3) is 4.74. The molecule has 35 heavy (non-hydrogen) atoms. The minimum atomic E-state index is -0.107. The van der Waals surface area contributed by atoms with Gasteiger partial charge in [0.2, 0.25) is 0 Å². The minimum Gasteiger partial charge on any atom is -0.482 e. The first-order valence-electron chi connectivity index (χ1n) is 12.1. The molecule has 0 N–H and O–H groups in total. The molecular weight excluding hydrogens is 438 g/mol. The molecule has 0 radical (unpaired) electrons. The van der Waals surface area contributed by atoms with Crippen molar-refractivity contribution in [2.24, 2.45) is 0 Å². The number of rotatable bonds is 4. The highest BCUT2D eigenvalue weighted by atomic mass is 16.5. The molecule has 0 bridgehead atoms. The van der Waals surface area contributed by atoms with Gasteiger partial charge in [-0.15, -0.1) is 0 Å². The summed E-state index contributed by atoms with van der Waals surface area (Å²) in [5.41, 5.74) is 7.18. The van der Waals surface area contributed by atoms with Gasteiger partial charge in [-0.05, 0) is 61.7 Å². The molecule has 5 rings (SSSR count). The van der Waals surface area contributed by atoms with Crippen LogP contribution in [-0.4, -0.2) is 49.5 Å². The molecule has 0 aliphatic carbocycles. The van der Waals surface area contributed by atoms with Gasteiger partial charge in [0.25, 0.3) is 11.8 Å². The molecular formula is C29H31N3O3. The zero-order valence-corrected chi connectivity index (χ0v) is 20.6. The summed E-state index contributed by atoms with van der Waals surface area (Å²) < 4.78 is 5.66. The Labute approximate surface area is 206 Å². The van der Waals surface area contributed by atoms with Gasteiger partial charge in [-0.3, -0.25) is 9.59 Å². The molecule has 6 nitrogen and oxygen atoms in total. The van der Waals surface area contributed by atoms with Crippen LogP contribution in [0.3, 0.4) is 0 Å². The van der Waals surface area contributed by atoms with Crippen LogP contribution in [0.2, 0.25) is 0 Å². The van der Waals surface area contributed by atoms with Gasteiger partial charge < -0.3 is 19.4 Å². The molecule has 2 amide bonds. The van der Waals surface area contributed by atoms with E-state index in [1.54, 1.807) is 17.0 Å². The van der Waals surface area contributed by atoms with Crippen molar-refractivity contribution in [3.05, 3.63) is 88.5 Å². The average molecular weight is 470 g/mol. The first-order valence-corrected chi connectivity index (χ1v) is 12.1. The number of carbonyl (C=O) groups is 2. The number of nitrogens with zero attached hydrogens (tertiary/aromatic N) is 3. The summed E-state index contributed by atoms with van der Waals surface area (Å²) in [6, 6.07) is 20.1. The fourth-order valence-corrected chi connectivity index (χ4v) is 4.78. The Morgan fingerprint density at radius 2 is 1.54 bits per heavy atom. The Bertz CT molecular complexity index is 1260. The zero-order valence-electron chi connectivity index (χ0n) is 20.6. The molecule has 2 heterocycles. The van der Waals surface area contributed by atoms with Crippen molar-refractivity contribution in [2.45, 2.75) is 27.3 Å². The monoisotopic (exact) mass is 469 g/mol. The van der Waals surface area contributed by atoms with Crippen molar-refractivity contribution < 1.29 is 14.3 Å². The maximum absolute atomic E-state index is 13.4. The predicted octanol–water partition coefficient (Wildman–Crippen LogP) is 4.50. The smallest absolute Gasteiger partial charge is 0.265 e. The van der Waals surface area contributed by atoms with Crippen molar-refractivity contribution in [1.82, 2.24) is 4.90 Å². The topological polar surface area (TPSA) is 53.1 Å². The highest BCUT2D eigenvalue weighted by molar-refractivity contribution is 6.01. The van der Waals surface area contributed by atoms with Gasteiger partial charge >= 0.3 is 0 Å². The molecule has 1 fully saturated rings. The van der Waals surface area contributed by atoms with Crippen LogP contribution in [0.15, 0.2) is 60.7 Å². The van der Waals surface area contributed by atoms with Crippen LogP contribution < -0.4 is 14.5 Å². The fraction of sp³-hybridized carbons (Fsp3) is 0.310. The lowest BCUT2D eigenvalue weighted by molar-refractivity contribution is -0.121. The molecule has 6 heteroatoms. The van der Waals surface area contributed by atoms with Crippen LogP contribution >= 0.6 is 0 Å². The summed E-state index contributed by atoms with van der Waals surface area (Å²) in [7, 11) is 0. The first-order chi connectivity index (χ1) is 16.9. The Morgan fingerprint density at radius 3 is 2.29 bits per heavy atom. The molecule has 3 aromatic carbocycles. The van der Waals surface area contributed by atoms with E-state index in [-0.39, 0.29) is 18.4 Å². The molecule has 0 atom stereocenters. The average Bonchev–Trinajstić information content (AvgIpc) is 2.88. The minimum absolute atomic E-state index is 0.00644. The van der Waals surface area contributed by atoms with Crippen LogP contribution in [0.5, 0.6) is 5.75 Å². The summed E-state index contributed by atoms with van der Waals surface area (Å²) in [6.45, 7) is 9.63. The summed E-state index contributed by atoms with van der Waals surface area (Å²) >= 11 is 0. The van der Waals surface area contributed by atoms with Gasteiger partial charge in [-0.2, -0.15) is 0 Å². The van der Waals surface area contributed by atoms with Gasteiger partial charge in [-0.1, -0.05) is 42.0 Å². The van der Waals surface area contributed by atoms with E-state index in [0.717, 1.165) is 18.7 Å². The molecule has 2 aliphatic rings. The highest BCUT2D eigenvalue weighted by Gasteiger charge is 2.29. The van der Waals surface area contributed by atoms with E-state index in [1.807, 2.05) is 42.2 Å². The van der Waals surface area contributed by atoms with Gasteiger partial charge in [-0.25, -0.2) is 0 Å². The highest BCUT2D eigenvalue weighted by Crippen LogP contribution is 2.34. The van der Waals surface area contributed by atoms with Gasteiger partial charge in [0.05, 0.1) is 12.2 Å². The second-order valence-corrected chi connectivity index (χ2v) is 9.51. The van der Waals surface area contributed by atoms with E-state index in [4.69, 9.17) is 4.74 Å². The van der Waals surface area contributed by atoms with Crippen molar-refractivity contribution >= 4 is 23.2 Å². The quantitative estimate of drug-likeness (QED) is 0.565. The molecule has 2 aliphatic heterocycles. The lowest BCUT2D eigenvalue weighted by Gasteiger charge is -2.37. The van der Waals surface area contributed by atoms with Crippen molar-refractivity contribution in [3.63, 3.8) is 0 Å². The number of hydrogen-bond donors (Lipinski definition) is 0. The Hall–Kier alpha value is -3.80. The Balaban J connectivity index is 1.32. The molecule has 180 valence electrons. The normalized spacial score (nSPS) is 15.6. The Kier molecular flexibility index (Phi) is 6.20. The summed E-state index contributed by atoms with van der Waals surface area (Å²) in [6.07, 6.45) is 0. The van der Waals surface area contributed by atoms with Gasteiger partial charge in [0.15, 0.2) is 6.61 Å². The number of hydrogen-bond acceptors (Lipinski definition) is 4. The van der Waals surface area contributed by atoms with E-state index < -0.39 is 0 Å². The molecule has 1 saturated heterocycles. The van der Waals surface area contributed by atoms with E-state index in [1.165, 1.54) is 22.4 Å². The van der Waals surface area contributed by atoms with Crippen LogP contribution in [0, 0.1) is 20.8 Å². The van der Waals surface area contributed by atoms with Crippen LogP contribution in [0.25, 0.3) is 0 Å². The maximum atomic E-state index is 13.4. The van der Waals surface area contributed by atoms with Crippen LogP contribution in [-0.2, 0) is 11.3 Å². The number of carbonyl (C=O) groups excluding carboxylic acids is 2. The number of piperazine rings is 1. The van der Waals surface area contributed by atoms with Gasteiger partial charge in [0, 0.05) is 37.4 Å². The molecule has 0 spiro atoms. The summed E-state index contributed by atoms with van der Waals surface area (Å²) in [5.74, 6) is 0.513. The number of amides is 2. The van der Waals surface area contributed by atoms with Gasteiger partial charge in [0.1, 0.15) is 5.75 Å². The van der Waals surface area contributed by atoms with Crippen molar-refractivity contribution in [3.8, 4) is 5.75 Å². The summed E-state index contributed by atoms with van der Waals surface area (Å²) in [5, 5.41) is 0. The molecule has 3 aromatic rings. The third-order valence-electron chi connectivity index (χ3n) is 6.88. The summed E-state index contributed by atoms with van der Waals surface area (Å²) in [4.78, 5) is 32.1. The maximum Gasteiger partial charge on any atom is 0.265 e. The third-order valence-corrected chi connectivity index (χ3v) is 6.88. The first kappa shape index (κ1) is 23.0. The predicted molar refractivity (Wildman–Crippen MR) is 138 cm³/mol. The molecule has 0 unspecified atom stereocenters. The SMILES string of the molecule is Cc1ccc(CN2C(=O)COc3ccc(C(=O)N4CCN(c5cc(C)ccc5C)CC4)cc32)cc1. The van der Waals surface area contributed by atoms with Crippen molar-refractivity contribution in [2.75, 3.05) is 42.6 Å². The van der Waals surface area contributed by atoms with E-state index >= 15 is 0 Å². The van der Waals surface area contributed by atoms with E-state index in [9.17, 15) is 9.59 Å². The zero-order chi connectivity index (χ0) is 24.5. The number of fused-ring (bicyclic) bond motifs is 1. The fourth-order valence-electron chi connectivity index (χ4n) is 4.78. The second-order valence-electron chi connectivity index (χ2n) is 9.51.